The molecule has 2 aliphatic rings. The molecule has 9 nitrogen and oxygen atoms in total. The van der Waals surface area contributed by atoms with Crippen molar-refractivity contribution in [3.63, 3.8) is 0 Å². The number of carbonyl (C=O) groups excluding carboxylic acids is 2. The number of pyridine rings is 1. The highest BCUT2D eigenvalue weighted by atomic mass is 16.6. The molecule has 2 aliphatic heterocycles. The number of amides is 2. The van der Waals surface area contributed by atoms with Crippen LogP contribution in [0.5, 0.6) is 0 Å². The number of ether oxygens (including phenoxy) is 1. The maximum atomic E-state index is 12.7. The van der Waals surface area contributed by atoms with Crippen LogP contribution in [0.4, 0.5) is 4.79 Å². The number of nitrogens with zero attached hydrogens (tertiary/aromatic N) is 6. The first-order valence-corrected chi connectivity index (χ1v) is 7.36. The highest BCUT2D eigenvalue weighted by Gasteiger charge is 2.49. The molecule has 0 unspecified atom stereocenters. The van der Waals surface area contributed by atoms with Gasteiger partial charge >= 0.3 is 6.09 Å². The van der Waals surface area contributed by atoms with Crippen molar-refractivity contribution < 1.29 is 14.3 Å². The van der Waals surface area contributed by atoms with E-state index in [-0.39, 0.29) is 12.0 Å². The molecular formula is C14H16N6O3. The van der Waals surface area contributed by atoms with E-state index in [4.69, 9.17) is 4.74 Å². The zero-order valence-electron chi connectivity index (χ0n) is 12.9. The van der Waals surface area contributed by atoms with E-state index in [1.807, 2.05) is 0 Å². The molecule has 0 aliphatic carbocycles. The van der Waals surface area contributed by atoms with Crippen LogP contribution in [0.1, 0.15) is 16.8 Å². The molecule has 2 fully saturated rings. The van der Waals surface area contributed by atoms with Crippen molar-refractivity contribution in [1.82, 2.24) is 29.8 Å². The maximum Gasteiger partial charge on any atom is 0.410 e. The Hall–Kier alpha value is -2.71. The summed E-state index contributed by atoms with van der Waals surface area (Å²) in [4.78, 5) is 31.8. The van der Waals surface area contributed by atoms with Crippen LogP contribution in [0.3, 0.4) is 0 Å². The Morgan fingerprint density at radius 3 is 2.91 bits per heavy atom. The fraction of sp³-hybridized carbons (Fsp3) is 0.500. The molecule has 2 aromatic heterocycles. The number of fused-ring (bicyclic) bond motifs is 1. The first kappa shape index (κ1) is 13.9. The molecule has 0 saturated carbocycles. The lowest BCUT2D eigenvalue weighted by Gasteiger charge is -2.21. The largest absolute Gasteiger partial charge is 0.439 e. The van der Waals surface area contributed by atoms with Gasteiger partial charge in [-0.2, -0.15) is 0 Å². The lowest BCUT2D eigenvalue weighted by molar-refractivity contribution is 0.0553. The molecule has 0 bridgehead atoms. The third-order valence-electron chi connectivity index (χ3n) is 4.43. The van der Waals surface area contributed by atoms with Crippen molar-refractivity contribution in [3.8, 4) is 0 Å². The predicted molar refractivity (Wildman–Crippen MR) is 78.7 cm³/mol. The summed E-state index contributed by atoms with van der Waals surface area (Å²) in [6, 6.07) is 1.69. The Morgan fingerprint density at radius 2 is 2.17 bits per heavy atom. The standard InChI is InChI=1S/C14H16N6O3/c1-18-7-14(23-13(18)22)3-4-20(8-14)12(21)9-5-10-11(15-6-9)19(2)17-16-10/h5-6H,3-4,7-8H2,1-2H3/t14-/m1/s1. The number of likely N-dealkylation sites (tertiary alicyclic amines) is 1. The summed E-state index contributed by atoms with van der Waals surface area (Å²) >= 11 is 0. The van der Waals surface area contributed by atoms with Gasteiger partial charge in [-0.15, -0.1) is 5.10 Å². The number of rotatable bonds is 1. The van der Waals surface area contributed by atoms with E-state index in [0.29, 0.717) is 42.8 Å². The van der Waals surface area contributed by atoms with Gasteiger partial charge in [-0.05, 0) is 6.07 Å². The second-order valence-corrected chi connectivity index (χ2v) is 6.16. The summed E-state index contributed by atoms with van der Waals surface area (Å²) in [5, 5.41) is 7.87. The fourth-order valence-corrected chi connectivity index (χ4v) is 3.25. The lowest BCUT2D eigenvalue weighted by atomic mass is 10.0. The second kappa shape index (κ2) is 4.64. The van der Waals surface area contributed by atoms with Gasteiger partial charge in [0.1, 0.15) is 5.52 Å². The SMILES string of the molecule is CN1C[C@@]2(CCN(C(=O)c3cnc4c(c3)nnn4C)C2)OC1=O. The van der Waals surface area contributed by atoms with Crippen molar-refractivity contribution in [1.29, 1.82) is 0 Å². The summed E-state index contributed by atoms with van der Waals surface area (Å²) < 4.78 is 7.02. The molecule has 120 valence electrons. The van der Waals surface area contributed by atoms with Crippen molar-refractivity contribution in [3.05, 3.63) is 17.8 Å². The minimum Gasteiger partial charge on any atom is -0.439 e. The molecule has 4 heterocycles. The highest BCUT2D eigenvalue weighted by Crippen LogP contribution is 2.32. The number of carbonyl (C=O) groups is 2. The minimum atomic E-state index is -0.578. The quantitative estimate of drug-likeness (QED) is 0.737. The molecule has 2 aromatic rings. The summed E-state index contributed by atoms with van der Waals surface area (Å²) in [7, 11) is 3.45. The maximum absolute atomic E-state index is 12.7. The number of aryl methyl sites for hydroxylation is 1. The molecule has 0 N–H and O–H groups in total. The average Bonchev–Trinajstić information content (AvgIpc) is 3.18. The van der Waals surface area contributed by atoms with Gasteiger partial charge in [0, 0.05) is 33.3 Å². The molecule has 9 heteroatoms. The molecule has 23 heavy (non-hydrogen) atoms. The van der Waals surface area contributed by atoms with Crippen LogP contribution in [0.25, 0.3) is 11.2 Å². The zero-order chi connectivity index (χ0) is 16.2. The van der Waals surface area contributed by atoms with Gasteiger partial charge in [0.15, 0.2) is 11.2 Å². The monoisotopic (exact) mass is 316 g/mol. The number of hydrogen-bond donors (Lipinski definition) is 0. The van der Waals surface area contributed by atoms with E-state index >= 15 is 0 Å². The van der Waals surface area contributed by atoms with Crippen molar-refractivity contribution in [2.24, 2.45) is 7.05 Å². The third kappa shape index (κ3) is 2.11. The molecule has 2 amide bonds. The van der Waals surface area contributed by atoms with Crippen LogP contribution >= 0.6 is 0 Å². The zero-order valence-corrected chi connectivity index (χ0v) is 12.9. The average molecular weight is 316 g/mol. The fourth-order valence-electron chi connectivity index (χ4n) is 3.25. The Balaban J connectivity index is 1.56. The normalized spacial score (nSPS) is 24.0. The van der Waals surface area contributed by atoms with Crippen molar-refractivity contribution in [2.45, 2.75) is 12.0 Å². The van der Waals surface area contributed by atoms with E-state index in [9.17, 15) is 9.59 Å². The Labute approximate surface area is 131 Å². The van der Waals surface area contributed by atoms with Crippen molar-refractivity contribution >= 4 is 23.2 Å². The van der Waals surface area contributed by atoms with Gasteiger partial charge in [0.25, 0.3) is 5.91 Å². The molecule has 1 atom stereocenters. The molecule has 1 spiro atoms. The van der Waals surface area contributed by atoms with E-state index in [2.05, 4.69) is 15.3 Å². The van der Waals surface area contributed by atoms with Crippen LogP contribution < -0.4 is 0 Å². The van der Waals surface area contributed by atoms with Crippen LogP contribution in [0, 0.1) is 0 Å². The minimum absolute atomic E-state index is 0.132. The highest BCUT2D eigenvalue weighted by molar-refractivity contribution is 5.96. The van der Waals surface area contributed by atoms with Gasteiger partial charge in [0.2, 0.25) is 0 Å². The molecule has 2 saturated heterocycles. The van der Waals surface area contributed by atoms with Gasteiger partial charge in [-0.1, -0.05) is 5.21 Å². The Bertz CT molecular complexity index is 818. The molecule has 0 radical (unpaired) electrons. The van der Waals surface area contributed by atoms with Gasteiger partial charge in [-0.3, -0.25) is 4.79 Å². The molecule has 4 rings (SSSR count). The number of likely N-dealkylation sites (N-methyl/N-ethyl adjacent to an activating group) is 1. The number of hydrogen-bond acceptors (Lipinski definition) is 6. The van der Waals surface area contributed by atoms with Gasteiger partial charge < -0.3 is 14.5 Å². The van der Waals surface area contributed by atoms with E-state index in [1.54, 1.807) is 34.6 Å². The Kier molecular flexibility index (Phi) is 2.81. The van der Waals surface area contributed by atoms with E-state index in [1.165, 1.54) is 6.20 Å². The predicted octanol–water partition coefficient (Wildman–Crippen LogP) is 0.0300. The third-order valence-corrected chi connectivity index (χ3v) is 4.43. The Morgan fingerprint density at radius 1 is 1.35 bits per heavy atom. The number of aromatic nitrogens is 4. The summed E-state index contributed by atoms with van der Waals surface area (Å²) in [5.74, 6) is -0.132. The molecule has 0 aromatic carbocycles. The first-order chi connectivity index (χ1) is 11.0. The second-order valence-electron chi connectivity index (χ2n) is 6.16. The van der Waals surface area contributed by atoms with E-state index < -0.39 is 5.60 Å². The lowest BCUT2D eigenvalue weighted by Crippen LogP contribution is -2.39. The molecular weight excluding hydrogens is 300 g/mol. The topological polar surface area (TPSA) is 93.5 Å². The summed E-state index contributed by atoms with van der Waals surface area (Å²) in [5.41, 5.74) is 1.10. The van der Waals surface area contributed by atoms with Crippen molar-refractivity contribution in [2.75, 3.05) is 26.7 Å². The van der Waals surface area contributed by atoms with Crippen LogP contribution in [0.2, 0.25) is 0 Å². The van der Waals surface area contributed by atoms with Crippen LogP contribution in [-0.2, 0) is 11.8 Å². The van der Waals surface area contributed by atoms with Gasteiger partial charge in [0.05, 0.1) is 18.7 Å². The van der Waals surface area contributed by atoms with E-state index in [0.717, 1.165) is 0 Å². The van der Waals surface area contributed by atoms with Crippen LogP contribution in [-0.4, -0.2) is 74.1 Å². The summed E-state index contributed by atoms with van der Waals surface area (Å²) in [6.45, 7) is 1.47. The summed E-state index contributed by atoms with van der Waals surface area (Å²) in [6.07, 6.45) is 1.85. The van der Waals surface area contributed by atoms with Crippen LogP contribution in [0.15, 0.2) is 12.3 Å². The first-order valence-electron chi connectivity index (χ1n) is 7.36. The van der Waals surface area contributed by atoms with Gasteiger partial charge in [-0.25, -0.2) is 14.5 Å². The smallest absolute Gasteiger partial charge is 0.410 e.